The lowest BCUT2D eigenvalue weighted by Gasteiger charge is -2.13. The Morgan fingerprint density at radius 2 is 1.85 bits per heavy atom. The van der Waals surface area contributed by atoms with Gasteiger partial charge in [-0.05, 0) is 18.6 Å². The van der Waals surface area contributed by atoms with Crippen molar-refractivity contribution >= 4 is 27.9 Å². The molecule has 0 aromatic heterocycles. The highest BCUT2D eigenvalue weighted by atomic mass is 32.2. The highest BCUT2D eigenvalue weighted by Crippen LogP contribution is 2.38. The molecule has 0 radical (unpaired) electrons. The number of carbonyl (C=O) groups is 2. The van der Waals surface area contributed by atoms with E-state index in [0.29, 0.717) is 12.0 Å². The third-order valence-electron chi connectivity index (χ3n) is 3.72. The van der Waals surface area contributed by atoms with Crippen molar-refractivity contribution in [3.63, 3.8) is 0 Å². The summed E-state index contributed by atoms with van der Waals surface area (Å²) in [6.45, 7) is 1.26. The Morgan fingerprint density at radius 1 is 1.23 bits per heavy atom. The Bertz CT molecular complexity index is 808. The van der Waals surface area contributed by atoms with E-state index in [1.165, 1.54) is 27.4 Å². The molecule has 1 atom stereocenters. The molecule has 1 fully saturated rings. The molecule has 1 aliphatic heterocycles. The van der Waals surface area contributed by atoms with Crippen LogP contribution in [0.5, 0.6) is 17.2 Å². The summed E-state index contributed by atoms with van der Waals surface area (Å²) in [5, 5.41) is 3.84. The van der Waals surface area contributed by atoms with E-state index in [0.717, 1.165) is 0 Å². The maximum atomic E-state index is 11.9. The van der Waals surface area contributed by atoms with Gasteiger partial charge in [0.05, 0.1) is 37.9 Å². The van der Waals surface area contributed by atoms with Gasteiger partial charge in [-0.1, -0.05) is 0 Å². The third kappa shape index (κ3) is 4.94. The fraction of sp³-hybridized carbons (Fsp3) is 0.438. The molecule has 1 saturated heterocycles. The first-order valence-corrected chi connectivity index (χ1v) is 9.55. The van der Waals surface area contributed by atoms with Crippen LogP contribution in [0.2, 0.25) is 0 Å². The molecule has 1 aromatic rings. The van der Waals surface area contributed by atoms with Crippen LogP contribution in [0.25, 0.3) is 0 Å². The topological polar surface area (TPSA) is 120 Å². The predicted octanol–water partition coefficient (Wildman–Crippen LogP) is 0.514. The van der Waals surface area contributed by atoms with Crippen molar-refractivity contribution in [2.75, 3.05) is 25.7 Å². The minimum absolute atomic E-state index is 0.0147. The molecule has 0 unspecified atom stereocenters. The lowest BCUT2D eigenvalue weighted by Crippen LogP contribution is -2.27. The van der Waals surface area contributed by atoms with Crippen molar-refractivity contribution in [3.8, 4) is 17.2 Å². The fourth-order valence-corrected chi connectivity index (χ4v) is 4.22. The average Bonchev–Trinajstić information content (AvgIpc) is 2.95. The van der Waals surface area contributed by atoms with Gasteiger partial charge in [-0.2, -0.15) is 5.10 Å². The summed E-state index contributed by atoms with van der Waals surface area (Å²) in [7, 11) is -0.322. The second-order valence-corrected chi connectivity index (χ2v) is 7.91. The largest absolute Gasteiger partial charge is 0.493 e. The highest BCUT2D eigenvalue weighted by molar-refractivity contribution is 7.91. The molecule has 0 spiro atoms. The van der Waals surface area contributed by atoms with Crippen LogP contribution in [0.3, 0.4) is 0 Å². The van der Waals surface area contributed by atoms with Crippen molar-refractivity contribution in [2.45, 2.75) is 13.3 Å². The van der Waals surface area contributed by atoms with E-state index in [9.17, 15) is 18.0 Å². The van der Waals surface area contributed by atoms with Crippen LogP contribution in [0.1, 0.15) is 18.9 Å². The Balaban J connectivity index is 2.12. The lowest BCUT2D eigenvalue weighted by molar-refractivity contribution is -0.132. The number of ether oxygens (including phenoxy) is 3. The van der Waals surface area contributed by atoms with Crippen LogP contribution in [0, 0.1) is 5.92 Å². The molecule has 10 heteroatoms. The quantitative estimate of drug-likeness (QED) is 0.328. The summed E-state index contributed by atoms with van der Waals surface area (Å²) < 4.78 is 38.3. The summed E-state index contributed by atoms with van der Waals surface area (Å²) >= 11 is 0. The number of hydrogen-bond acceptors (Lipinski definition) is 8. The molecule has 2 rings (SSSR count). The Labute approximate surface area is 151 Å². The molecule has 1 N–H and O–H groups in total. The van der Waals surface area contributed by atoms with Crippen LogP contribution in [0.4, 0.5) is 0 Å². The van der Waals surface area contributed by atoms with Crippen molar-refractivity contribution in [1.29, 1.82) is 0 Å². The highest BCUT2D eigenvalue weighted by Gasteiger charge is 2.32. The number of hydrogen-bond donors (Lipinski definition) is 1. The smallest absolute Gasteiger partial charge is 0.308 e. The number of rotatable bonds is 6. The van der Waals surface area contributed by atoms with Crippen molar-refractivity contribution in [1.82, 2.24) is 5.43 Å². The normalized spacial score (nSPS) is 18.5. The molecular weight excluding hydrogens is 364 g/mol. The number of amides is 1. The van der Waals surface area contributed by atoms with Crippen LogP contribution < -0.4 is 19.6 Å². The van der Waals surface area contributed by atoms with Gasteiger partial charge in [-0.15, -0.1) is 0 Å². The molecular formula is C16H20N2O7S. The number of nitrogens with zero attached hydrogens (tertiary/aromatic N) is 1. The number of hydrazone groups is 1. The standard InChI is InChI=1S/C16H20N2O7S/c1-10(19)25-15-13(23-2)6-11(7-14(15)24-3)8-17-18-16(20)12-4-5-26(21,22)9-12/h6-8,12H,4-5,9H2,1-3H3,(H,18,20)/b17-8-/t12-/m1/s1. The predicted molar refractivity (Wildman–Crippen MR) is 93.4 cm³/mol. The number of nitrogens with one attached hydrogen (secondary N) is 1. The van der Waals surface area contributed by atoms with E-state index in [1.807, 2.05) is 0 Å². The molecule has 1 aromatic carbocycles. The molecule has 0 saturated carbocycles. The maximum Gasteiger partial charge on any atom is 0.308 e. The minimum atomic E-state index is -3.14. The summed E-state index contributed by atoms with van der Waals surface area (Å²) in [6.07, 6.45) is 1.65. The summed E-state index contributed by atoms with van der Waals surface area (Å²) in [5.41, 5.74) is 2.85. The number of esters is 1. The molecule has 0 aliphatic carbocycles. The molecule has 142 valence electrons. The summed E-state index contributed by atoms with van der Waals surface area (Å²) in [5.74, 6) is -1.05. The molecule has 1 heterocycles. The van der Waals surface area contributed by atoms with Crippen LogP contribution in [0.15, 0.2) is 17.2 Å². The van der Waals surface area contributed by atoms with E-state index in [2.05, 4.69) is 10.5 Å². The number of benzene rings is 1. The first-order chi connectivity index (χ1) is 12.3. The van der Waals surface area contributed by atoms with Crippen molar-refractivity contribution in [3.05, 3.63) is 17.7 Å². The molecule has 9 nitrogen and oxygen atoms in total. The van der Waals surface area contributed by atoms with Crippen LogP contribution in [-0.4, -0.2) is 52.2 Å². The average molecular weight is 384 g/mol. The number of carbonyl (C=O) groups excluding carboxylic acids is 2. The molecule has 26 heavy (non-hydrogen) atoms. The molecule has 1 amide bonds. The molecule has 0 bridgehead atoms. The number of methoxy groups -OCH3 is 2. The monoisotopic (exact) mass is 384 g/mol. The van der Waals surface area contributed by atoms with Gasteiger partial charge in [0.25, 0.3) is 0 Å². The second kappa shape index (κ2) is 8.17. The van der Waals surface area contributed by atoms with Crippen LogP contribution in [-0.2, 0) is 19.4 Å². The summed E-state index contributed by atoms with van der Waals surface area (Å²) in [6, 6.07) is 3.10. The maximum absolute atomic E-state index is 11.9. The van der Waals surface area contributed by atoms with E-state index in [4.69, 9.17) is 14.2 Å². The molecule has 1 aliphatic rings. The Morgan fingerprint density at radius 3 is 2.31 bits per heavy atom. The first-order valence-electron chi connectivity index (χ1n) is 7.73. The van der Waals surface area contributed by atoms with Gasteiger partial charge in [-0.25, -0.2) is 13.8 Å². The first kappa shape index (κ1) is 19.7. The Kier molecular flexibility index (Phi) is 6.19. The van der Waals surface area contributed by atoms with Gasteiger partial charge in [0.15, 0.2) is 21.3 Å². The fourth-order valence-electron chi connectivity index (χ4n) is 2.48. The van der Waals surface area contributed by atoms with Gasteiger partial charge in [0.1, 0.15) is 0 Å². The van der Waals surface area contributed by atoms with Crippen LogP contribution >= 0.6 is 0 Å². The van der Waals surface area contributed by atoms with Crippen molar-refractivity contribution < 1.29 is 32.2 Å². The second-order valence-electron chi connectivity index (χ2n) is 5.68. The van der Waals surface area contributed by atoms with E-state index in [1.54, 1.807) is 12.1 Å². The summed E-state index contributed by atoms with van der Waals surface area (Å²) in [4.78, 5) is 23.2. The van der Waals surface area contributed by atoms with E-state index >= 15 is 0 Å². The SMILES string of the molecule is COc1cc(/C=N\NC(=O)[C@@H]2CCS(=O)(=O)C2)cc(OC)c1OC(C)=O. The minimum Gasteiger partial charge on any atom is -0.493 e. The Hall–Kier alpha value is -2.62. The zero-order valence-electron chi connectivity index (χ0n) is 14.6. The van der Waals surface area contributed by atoms with Gasteiger partial charge in [0, 0.05) is 12.5 Å². The lowest BCUT2D eigenvalue weighted by atomic mass is 10.1. The zero-order chi connectivity index (χ0) is 19.3. The van der Waals surface area contributed by atoms with Gasteiger partial charge in [0.2, 0.25) is 11.7 Å². The van der Waals surface area contributed by atoms with E-state index < -0.39 is 27.6 Å². The van der Waals surface area contributed by atoms with Gasteiger partial charge >= 0.3 is 5.97 Å². The number of sulfone groups is 1. The van der Waals surface area contributed by atoms with Gasteiger partial charge < -0.3 is 14.2 Å². The third-order valence-corrected chi connectivity index (χ3v) is 5.49. The van der Waals surface area contributed by atoms with Gasteiger partial charge in [-0.3, -0.25) is 9.59 Å². The zero-order valence-corrected chi connectivity index (χ0v) is 15.5. The van der Waals surface area contributed by atoms with Crippen molar-refractivity contribution in [2.24, 2.45) is 11.0 Å². The van der Waals surface area contributed by atoms with E-state index in [-0.39, 0.29) is 28.8 Å².